The summed E-state index contributed by atoms with van der Waals surface area (Å²) in [7, 11) is -3.48. The fourth-order valence-corrected chi connectivity index (χ4v) is 4.23. The number of sulfone groups is 1. The van der Waals surface area contributed by atoms with Crippen LogP contribution in [0.4, 0.5) is 5.69 Å². The molecule has 0 radical (unpaired) electrons. The fourth-order valence-electron chi connectivity index (χ4n) is 2.67. The van der Waals surface area contributed by atoms with Crippen LogP contribution < -0.4 is 5.73 Å². The van der Waals surface area contributed by atoms with Gasteiger partial charge in [0, 0.05) is 0 Å². The van der Waals surface area contributed by atoms with Crippen LogP contribution in [0.5, 0.6) is 0 Å². The Kier molecular flexibility index (Phi) is 3.69. The van der Waals surface area contributed by atoms with Crippen molar-refractivity contribution in [3.05, 3.63) is 59.7 Å². The molecule has 1 atom stereocenters. The molecule has 5 heteroatoms. The number of benzene rings is 2. The summed E-state index contributed by atoms with van der Waals surface area (Å²) in [6.45, 7) is 0.543. The Hall–Kier alpha value is -1.85. The molecule has 2 aromatic carbocycles. The quantitative estimate of drug-likeness (QED) is 0.884. The molecule has 110 valence electrons. The van der Waals surface area contributed by atoms with E-state index in [1.54, 1.807) is 24.3 Å². The lowest BCUT2D eigenvalue weighted by Crippen LogP contribution is -2.24. The summed E-state index contributed by atoms with van der Waals surface area (Å²) < 4.78 is 30.8. The van der Waals surface area contributed by atoms with Crippen LogP contribution in [-0.4, -0.2) is 20.8 Å². The van der Waals surface area contributed by atoms with Gasteiger partial charge < -0.3 is 10.5 Å². The number of hydrogen-bond donors (Lipinski definition) is 1. The van der Waals surface area contributed by atoms with Gasteiger partial charge in [0.2, 0.25) is 0 Å². The number of para-hydroxylation sites is 1. The van der Waals surface area contributed by atoms with Crippen molar-refractivity contribution in [1.29, 1.82) is 0 Å². The van der Waals surface area contributed by atoms with Crippen molar-refractivity contribution in [3.8, 4) is 0 Å². The summed E-state index contributed by atoms with van der Waals surface area (Å²) in [4.78, 5) is 0.177. The first-order valence-corrected chi connectivity index (χ1v) is 8.50. The smallest absolute Gasteiger partial charge is 0.183 e. The first kappa shape index (κ1) is 14.1. The lowest BCUT2D eigenvalue weighted by Gasteiger charge is -2.26. The van der Waals surface area contributed by atoms with Gasteiger partial charge >= 0.3 is 0 Å². The highest BCUT2D eigenvalue weighted by Gasteiger charge is 2.28. The minimum atomic E-state index is -3.48. The molecule has 21 heavy (non-hydrogen) atoms. The zero-order chi connectivity index (χ0) is 14.9. The van der Waals surface area contributed by atoms with Crippen LogP contribution >= 0.6 is 0 Å². The topological polar surface area (TPSA) is 69.4 Å². The number of hydrogen-bond acceptors (Lipinski definition) is 4. The Balaban J connectivity index is 1.93. The van der Waals surface area contributed by atoms with Crippen molar-refractivity contribution in [3.63, 3.8) is 0 Å². The van der Waals surface area contributed by atoms with Gasteiger partial charge in [-0.3, -0.25) is 0 Å². The van der Waals surface area contributed by atoms with Crippen molar-refractivity contribution >= 4 is 15.5 Å². The van der Waals surface area contributed by atoms with Crippen LogP contribution in [0.1, 0.15) is 17.2 Å². The number of anilines is 1. The third kappa shape index (κ3) is 2.80. The number of ether oxygens (including phenoxy) is 1. The lowest BCUT2D eigenvalue weighted by molar-refractivity contribution is 0.0576. The van der Waals surface area contributed by atoms with Crippen molar-refractivity contribution < 1.29 is 13.2 Å². The molecule has 1 aliphatic heterocycles. The third-order valence-electron chi connectivity index (χ3n) is 3.72. The molecule has 0 amide bonds. The molecule has 0 bridgehead atoms. The standard InChI is InChI=1S/C16H17NO3S/c17-14-7-3-4-8-16(14)21(18,19)11-15-13-6-2-1-5-12(13)9-10-20-15/h1-8,15H,9-11,17H2. The van der Waals surface area contributed by atoms with E-state index in [1.165, 1.54) is 0 Å². The molecule has 0 fully saturated rings. The van der Waals surface area contributed by atoms with Gasteiger partial charge in [0.25, 0.3) is 0 Å². The van der Waals surface area contributed by atoms with Gasteiger partial charge in [-0.2, -0.15) is 0 Å². The average molecular weight is 303 g/mol. The number of fused-ring (bicyclic) bond motifs is 1. The summed E-state index contributed by atoms with van der Waals surface area (Å²) >= 11 is 0. The molecule has 0 spiro atoms. The van der Waals surface area contributed by atoms with E-state index in [-0.39, 0.29) is 16.3 Å². The van der Waals surface area contributed by atoms with E-state index in [0.717, 1.165) is 17.5 Å². The summed E-state index contributed by atoms with van der Waals surface area (Å²) in [5.74, 6) is -0.0851. The molecule has 1 aliphatic rings. The largest absolute Gasteiger partial charge is 0.398 e. The number of rotatable bonds is 3. The maximum atomic E-state index is 12.6. The molecule has 0 saturated carbocycles. The predicted octanol–water partition coefficient (Wildman–Crippen LogP) is 2.36. The summed E-state index contributed by atoms with van der Waals surface area (Å²) in [6, 6.07) is 14.4. The van der Waals surface area contributed by atoms with Crippen molar-refractivity contribution in [1.82, 2.24) is 0 Å². The Morgan fingerprint density at radius 3 is 2.62 bits per heavy atom. The van der Waals surface area contributed by atoms with E-state index in [1.807, 2.05) is 24.3 Å². The van der Waals surface area contributed by atoms with E-state index < -0.39 is 15.9 Å². The fraction of sp³-hybridized carbons (Fsp3) is 0.250. The Morgan fingerprint density at radius 1 is 1.10 bits per heavy atom. The minimum Gasteiger partial charge on any atom is -0.398 e. The Labute approximate surface area is 124 Å². The summed E-state index contributed by atoms with van der Waals surface area (Å²) in [6.07, 6.45) is 0.389. The second kappa shape index (κ2) is 5.50. The van der Waals surface area contributed by atoms with Crippen LogP contribution in [0.2, 0.25) is 0 Å². The number of nitrogen functional groups attached to an aromatic ring is 1. The van der Waals surface area contributed by atoms with E-state index >= 15 is 0 Å². The Bertz CT molecular complexity index is 756. The molecule has 2 N–H and O–H groups in total. The first-order valence-electron chi connectivity index (χ1n) is 6.84. The highest BCUT2D eigenvalue weighted by atomic mass is 32.2. The molecule has 0 aliphatic carbocycles. The highest BCUT2D eigenvalue weighted by molar-refractivity contribution is 7.91. The molecular weight excluding hydrogens is 286 g/mol. The Morgan fingerprint density at radius 2 is 1.81 bits per heavy atom. The zero-order valence-corrected chi connectivity index (χ0v) is 12.3. The van der Waals surface area contributed by atoms with Gasteiger partial charge in [-0.25, -0.2) is 8.42 Å². The van der Waals surface area contributed by atoms with Gasteiger partial charge in [-0.1, -0.05) is 36.4 Å². The maximum absolute atomic E-state index is 12.6. The normalized spacial score (nSPS) is 18.2. The third-order valence-corrected chi connectivity index (χ3v) is 5.50. The van der Waals surface area contributed by atoms with Gasteiger partial charge in [0.05, 0.1) is 29.0 Å². The van der Waals surface area contributed by atoms with Crippen molar-refractivity contribution in [2.45, 2.75) is 17.4 Å². The van der Waals surface area contributed by atoms with Crippen LogP contribution in [0.25, 0.3) is 0 Å². The minimum absolute atomic E-state index is 0.0851. The van der Waals surface area contributed by atoms with Crippen LogP contribution in [-0.2, 0) is 21.0 Å². The molecule has 1 unspecified atom stereocenters. The van der Waals surface area contributed by atoms with E-state index in [0.29, 0.717) is 6.61 Å². The molecule has 4 nitrogen and oxygen atoms in total. The van der Waals surface area contributed by atoms with Crippen molar-refractivity contribution in [2.24, 2.45) is 0 Å². The van der Waals surface area contributed by atoms with E-state index in [9.17, 15) is 8.42 Å². The SMILES string of the molecule is Nc1ccccc1S(=O)(=O)CC1OCCc2ccccc21. The van der Waals surface area contributed by atoms with Gasteiger partial charge in [0.15, 0.2) is 9.84 Å². The van der Waals surface area contributed by atoms with E-state index in [2.05, 4.69) is 0 Å². The van der Waals surface area contributed by atoms with Gasteiger partial charge in [-0.05, 0) is 29.7 Å². The van der Waals surface area contributed by atoms with Gasteiger partial charge in [-0.15, -0.1) is 0 Å². The predicted molar refractivity (Wildman–Crippen MR) is 81.7 cm³/mol. The molecule has 0 aromatic heterocycles. The molecular formula is C16H17NO3S. The van der Waals surface area contributed by atoms with Crippen LogP contribution in [0.15, 0.2) is 53.4 Å². The average Bonchev–Trinajstić information content (AvgIpc) is 2.47. The summed E-state index contributed by atoms with van der Waals surface area (Å²) in [5, 5.41) is 0. The summed E-state index contributed by atoms with van der Waals surface area (Å²) in [5.41, 5.74) is 8.18. The molecule has 1 heterocycles. The lowest BCUT2D eigenvalue weighted by atomic mass is 9.99. The monoisotopic (exact) mass is 303 g/mol. The highest BCUT2D eigenvalue weighted by Crippen LogP contribution is 2.30. The van der Waals surface area contributed by atoms with E-state index in [4.69, 9.17) is 10.5 Å². The first-order chi connectivity index (χ1) is 10.1. The molecule has 0 saturated heterocycles. The molecule has 2 aromatic rings. The molecule has 3 rings (SSSR count). The van der Waals surface area contributed by atoms with Crippen LogP contribution in [0.3, 0.4) is 0 Å². The second-order valence-corrected chi connectivity index (χ2v) is 7.13. The second-order valence-electron chi connectivity index (χ2n) is 5.13. The number of nitrogens with two attached hydrogens (primary N) is 1. The van der Waals surface area contributed by atoms with Gasteiger partial charge in [0.1, 0.15) is 0 Å². The maximum Gasteiger partial charge on any atom is 0.183 e. The zero-order valence-electron chi connectivity index (χ0n) is 11.5. The van der Waals surface area contributed by atoms with Crippen molar-refractivity contribution in [2.75, 3.05) is 18.1 Å². The van der Waals surface area contributed by atoms with Crippen LogP contribution in [0, 0.1) is 0 Å².